The Morgan fingerprint density at radius 3 is 1.07 bits per heavy atom. The minimum absolute atomic E-state index is 0.731. The standard InChI is InChI=1S/C34H38O6/c1-35-29-17-25(9-7-23-11-13-31(37-3)33(19-23)39-5)15-27(21-29)28-16-26(18-30(22-28)36-2)10-8-24-12-14-32(38-4)34(20-24)40-6/h11-22H,7-10H2,1-6H3. The lowest BCUT2D eigenvalue weighted by Gasteiger charge is -2.14. The van der Waals surface area contributed by atoms with Crippen LogP contribution in [-0.2, 0) is 25.7 Å². The molecule has 0 atom stereocenters. The Morgan fingerprint density at radius 1 is 0.350 bits per heavy atom. The maximum Gasteiger partial charge on any atom is 0.160 e. The van der Waals surface area contributed by atoms with E-state index in [2.05, 4.69) is 48.5 Å². The second kappa shape index (κ2) is 13.7. The summed E-state index contributed by atoms with van der Waals surface area (Å²) in [5.74, 6) is 4.60. The van der Waals surface area contributed by atoms with Crippen LogP contribution in [0.3, 0.4) is 0 Å². The lowest BCUT2D eigenvalue weighted by Crippen LogP contribution is -1.97. The molecule has 6 nitrogen and oxygen atoms in total. The van der Waals surface area contributed by atoms with E-state index in [0.717, 1.165) is 71.3 Å². The molecule has 0 radical (unpaired) electrons. The number of benzene rings is 4. The zero-order chi connectivity index (χ0) is 28.5. The van der Waals surface area contributed by atoms with Gasteiger partial charge in [0.2, 0.25) is 0 Å². The average Bonchev–Trinajstić information content (AvgIpc) is 3.01. The van der Waals surface area contributed by atoms with Gasteiger partial charge in [0.1, 0.15) is 11.5 Å². The van der Waals surface area contributed by atoms with E-state index in [1.165, 1.54) is 22.3 Å². The molecule has 0 fully saturated rings. The van der Waals surface area contributed by atoms with Crippen molar-refractivity contribution in [1.82, 2.24) is 0 Å². The molecular weight excluding hydrogens is 504 g/mol. The first-order valence-corrected chi connectivity index (χ1v) is 13.3. The van der Waals surface area contributed by atoms with Gasteiger partial charge in [0.15, 0.2) is 23.0 Å². The quantitative estimate of drug-likeness (QED) is 0.182. The summed E-state index contributed by atoms with van der Waals surface area (Å²) in [5, 5.41) is 0. The predicted octanol–water partition coefficient (Wildman–Crippen LogP) is 6.98. The van der Waals surface area contributed by atoms with Crippen LogP contribution in [0.2, 0.25) is 0 Å². The summed E-state index contributed by atoms with van der Waals surface area (Å²) in [6.07, 6.45) is 3.44. The summed E-state index contributed by atoms with van der Waals surface area (Å²) in [6.45, 7) is 0. The van der Waals surface area contributed by atoms with Crippen LogP contribution >= 0.6 is 0 Å². The largest absolute Gasteiger partial charge is 0.497 e. The fraction of sp³-hybridized carbons (Fsp3) is 0.294. The number of aryl methyl sites for hydroxylation is 4. The van der Waals surface area contributed by atoms with Crippen LogP contribution in [0.1, 0.15) is 22.3 Å². The van der Waals surface area contributed by atoms with Crippen molar-refractivity contribution in [3.05, 3.63) is 95.1 Å². The maximum absolute atomic E-state index is 5.68. The molecule has 210 valence electrons. The monoisotopic (exact) mass is 542 g/mol. The number of ether oxygens (including phenoxy) is 6. The van der Waals surface area contributed by atoms with Crippen molar-refractivity contribution in [3.8, 4) is 45.6 Å². The first-order valence-electron chi connectivity index (χ1n) is 13.3. The van der Waals surface area contributed by atoms with Crippen molar-refractivity contribution in [1.29, 1.82) is 0 Å². The summed E-state index contributed by atoms with van der Waals surface area (Å²) in [7, 11) is 10.0. The summed E-state index contributed by atoms with van der Waals surface area (Å²) >= 11 is 0. The van der Waals surface area contributed by atoms with Crippen molar-refractivity contribution < 1.29 is 28.4 Å². The van der Waals surface area contributed by atoms with Crippen LogP contribution in [-0.4, -0.2) is 42.7 Å². The second-order valence-electron chi connectivity index (χ2n) is 9.52. The number of rotatable bonds is 13. The van der Waals surface area contributed by atoms with Crippen molar-refractivity contribution >= 4 is 0 Å². The highest BCUT2D eigenvalue weighted by molar-refractivity contribution is 5.69. The van der Waals surface area contributed by atoms with Gasteiger partial charge in [-0.1, -0.05) is 24.3 Å². The van der Waals surface area contributed by atoms with Crippen molar-refractivity contribution in [2.75, 3.05) is 42.7 Å². The minimum atomic E-state index is 0.731. The Labute approximate surface area is 237 Å². The van der Waals surface area contributed by atoms with E-state index in [0.29, 0.717) is 0 Å². The number of hydrogen-bond donors (Lipinski definition) is 0. The normalized spacial score (nSPS) is 10.7. The molecule has 0 spiro atoms. The van der Waals surface area contributed by atoms with Crippen molar-refractivity contribution in [2.45, 2.75) is 25.7 Å². The van der Waals surface area contributed by atoms with Crippen LogP contribution < -0.4 is 28.4 Å². The average molecular weight is 543 g/mol. The van der Waals surface area contributed by atoms with E-state index in [-0.39, 0.29) is 0 Å². The van der Waals surface area contributed by atoms with Gasteiger partial charge < -0.3 is 28.4 Å². The van der Waals surface area contributed by atoms with Crippen LogP contribution in [0.5, 0.6) is 34.5 Å². The Hall–Kier alpha value is -4.32. The predicted molar refractivity (Wildman–Crippen MR) is 159 cm³/mol. The highest BCUT2D eigenvalue weighted by Crippen LogP contribution is 2.33. The Bertz CT molecular complexity index is 1320. The molecule has 0 aromatic heterocycles. The molecular formula is C34H38O6. The molecule has 0 aliphatic heterocycles. The molecule has 0 bridgehead atoms. The van der Waals surface area contributed by atoms with Crippen LogP contribution in [0.4, 0.5) is 0 Å². The SMILES string of the molecule is COc1cc(CCc2ccc(OC)c(OC)c2)cc(-c2cc(CCc3ccc(OC)c(OC)c3)cc(OC)c2)c1. The van der Waals surface area contributed by atoms with Crippen molar-refractivity contribution in [2.24, 2.45) is 0 Å². The molecule has 0 heterocycles. The fourth-order valence-corrected chi connectivity index (χ4v) is 4.83. The lowest BCUT2D eigenvalue weighted by molar-refractivity contribution is 0.354. The molecule has 0 unspecified atom stereocenters. The van der Waals surface area contributed by atoms with Gasteiger partial charge in [-0.2, -0.15) is 0 Å². The molecule has 0 aliphatic carbocycles. The summed E-state index contributed by atoms with van der Waals surface area (Å²) in [4.78, 5) is 0. The highest BCUT2D eigenvalue weighted by Gasteiger charge is 2.11. The van der Waals surface area contributed by atoms with Gasteiger partial charge in [0.25, 0.3) is 0 Å². The van der Waals surface area contributed by atoms with E-state index < -0.39 is 0 Å². The first-order chi connectivity index (χ1) is 19.5. The zero-order valence-electron chi connectivity index (χ0n) is 24.2. The molecule has 4 aromatic rings. The lowest BCUT2D eigenvalue weighted by atomic mass is 9.95. The zero-order valence-corrected chi connectivity index (χ0v) is 24.2. The fourth-order valence-electron chi connectivity index (χ4n) is 4.83. The minimum Gasteiger partial charge on any atom is -0.497 e. The van der Waals surface area contributed by atoms with E-state index in [1.807, 2.05) is 24.3 Å². The van der Waals surface area contributed by atoms with Crippen LogP contribution in [0, 0.1) is 0 Å². The molecule has 0 saturated carbocycles. The first kappa shape index (κ1) is 28.7. The summed E-state index contributed by atoms with van der Waals surface area (Å²) < 4.78 is 33.1. The van der Waals surface area contributed by atoms with Crippen LogP contribution in [0.15, 0.2) is 72.8 Å². The molecule has 40 heavy (non-hydrogen) atoms. The number of methoxy groups -OCH3 is 6. The molecule has 0 amide bonds. The van der Waals surface area contributed by atoms with E-state index in [1.54, 1.807) is 42.7 Å². The van der Waals surface area contributed by atoms with Gasteiger partial charge >= 0.3 is 0 Å². The van der Waals surface area contributed by atoms with Gasteiger partial charge in [0.05, 0.1) is 42.7 Å². The maximum atomic E-state index is 5.68. The number of hydrogen-bond acceptors (Lipinski definition) is 6. The second-order valence-corrected chi connectivity index (χ2v) is 9.52. The molecule has 0 aliphatic rings. The van der Waals surface area contributed by atoms with Gasteiger partial charge in [-0.25, -0.2) is 0 Å². The molecule has 4 rings (SSSR count). The summed E-state index contributed by atoms with van der Waals surface area (Å²) in [5.41, 5.74) is 6.93. The van der Waals surface area contributed by atoms with Gasteiger partial charge in [-0.3, -0.25) is 0 Å². The van der Waals surface area contributed by atoms with E-state index in [9.17, 15) is 0 Å². The molecule has 6 heteroatoms. The Kier molecular flexibility index (Phi) is 9.79. The third kappa shape index (κ3) is 7.00. The third-order valence-corrected chi connectivity index (χ3v) is 7.04. The van der Waals surface area contributed by atoms with Crippen molar-refractivity contribution in [3.63, 3.8) is 0 Å². The van der Waals surface area contributed by atoms with E-state index >= 15 is 0 Å². The highest BCUT2D eigenvalue weighted by atomic mass is 16.5. The molecule has 4 aromatic carbocycles. The molecule has 0 N–H and O–H groups in total. The Morgan fingerprint density at radius 2 is 0.725 bits per heavy atom. The van der Waals surface area contributed by atoms with E-state index in [4.69, 9.17) is 28.4 Å². The van der Waals surface area contributed by atoms with Gasteiger partial charge in [0, 0.05) is 0 Å². The topological polar surface area (TPSA) is 55.4 Å². The van der Waals surface area contributed by atoms with Crippen LogP contribution in [0.25, 0.3) is 11.1 Å². The smallest absolute Gasteiger partial charge is 0.160 e. The third-order valence-electron chi connectivity index (χ3n) is 7.04. The van der Waals surface area contributed by atoms with Gasteiger partial charge in [-0.15, -0.1) is 0 Å². The molecule has 0 saturated heterocycles. The van der Waals surface area contributed by atoms with Gasteiger partial charge in [-0.05, 0) is 108 Å². The Balaban J connectivity index is 1.56. The summed E-state index contributed by atoms with van der Waals surface area (Å²) in [6, 6.07) is 24.9.